The van der Waals surface area contributed by atoms with E-state index in [0.717, 1.165) is 28.9 Å². The predicted molar refractivity (Wildman–Crippen MR) is 91.3 cm³/mol. The van der Waals surface area contributed by atoms with Gasteiger partial charge >= 0.3 is 0 Å². The Morgan fingerprint density at radius 2 is 2.00 bits per heavy atom. The quantitative estimate of drug-likeness (QED) is 0.609. The molecule has 6 heteroatoms. The first-order chi connectivity index (χ1) is 11.4. The Bertz CT molecular complexity index is 902. The Labute approximate surface area is 143 Å². The van der Waals surface area contributed by atoms with Gasteiger partial charge in [0.15, 0.2) is 5.65 Å². The number of hydrogen-bond donors (Lipinski definition) is 0. The van der Waals surface area contributed by atoms with Gasteiger partial charge in [-0.1, -0.05) is 31.7 Å². The maximum absolute atomic E-state index is 13.9. The lowest BCUT2D eigenvalue weighted by Gasteiger charge is -2.20. The van der Waals surface area contributed by atoms with E-state index in [0.29, 0.717) is 4.90 Å². The second-order valence-corrected chi connectivity index (χ2v) is 7.29. The summed E-state index contributed by atoms with van der Waals surface area (Å²) < 4.78 is 28.8. The lowest BCUT2D eigenvalue weighted by molar-refractivity contribution is 0.491. The number of nitrogens with zero attached hydrogens (tertiary/aromatic N) is 3. The highest BCUT2D eigenvalue weighted by Crippen LogP contribution is 2.32. The van der Waals surface area contributed by atoms with E-state index in [1.807, 2.05) is 28.8 Å². The van der Waals surface area contributed by atoms with Gasteiger partial charge in [-0.05, 0) is 30.7 Å². The van der Waals surface area contributed by atoms with Crippen LogP contribution in [-0.4, -0.2) is 14.6 Å². The number of hydrogen-bond acceptors (Lipinski definition) is 3. The average Bonchev–Trinajstić information content (AvgIpc) is 2.94. The van der Waals surface area contributed by atoms with E-state index in [1.54, 1.807) is 0 Å². The minimum Gasteiger partial charge on any atom is -0.285 e. The molecule has 2 aromatic heterocycles. The molecule has 3 aromatic rings. The van der Waals surface area contributed by atoms with Gasteiger partial charge in [0.25, 0.3) is 0 Å². The molecule has 0 spiro atoms. The van der Waals surface area contributed by atoms with E-state index in [9.17, 15) is 8.78 Å². The summed E-state index contributed by atoms with van der Waals surface area (Å²) in [7, 11) is 0. The Morgan fingerprint density at radius 3 is 2.71 bits per heavy atom. The number of aromatic nitrogens is 3. The lowest BCUT2D eigenvalue weighted by atomic mass is 9.88. The third-order valence-corrected chi connectivity index (χ3v) is 4.79. The highest BCUT2D eigenvalue weighted by molar-refractivity contribution is 7.99. The van der Waals surface area contributed by atoms with Crippen molar-refractivity contribution < 1.29 is 8.78 Å². The van der Waals surface area contributed by atoms with E-state index < -0.39 is 11.6 Å². The molecule has 0 aliphatic rings. The molecule has 0 aliphatic carbocycles. The van der Waals surface area contributed by atoms with Crippen LogP contribution in [0.25, 0.3) is 5.65 Å². The van der Waals surface area contributed by atoms with Gasteiger partial charge in [-0.25, -0.2) is 8.78 Å². The van der Waals surface area contributed by atoms with Gasteiger partial charge in [-0.15, -0.1) is 16.8 Å². The lowest BCUT2D eigenvalue weighted by Crippen LogP contribution is -2.20. The molecule has 3 nitrogen and oxygen atoms in total. The van der Waals surface area contributed by atoms with Crippen molar-refractivity contribution in [2.24, 2.45) is 0 Å². The van der Waals surface area contributed by atoms with Crippen molar-refractivity contribution in [1.29, 1.82) is 0 Å². The van der Waals surface area contributed by atoms with Gasteiger partial charge < -0.3 is 0 Å². The number of pyridine rings is 1. The first-order valence-electron chi connectivity index (χ1n) is 7.50. The molecule has 0 unspecified atom stereocenters. The van der Waals surface area contributed by atoms with Crippen LogP contribution in [0.15, 0.2) is 59.0 Å². The number of allylic oxidation sites excluding steroid dienone is 1. The van der Waals surface area contributed by atoms with Crippen LogP contribution in [0, 0.1) is 11.6 Å². The number of rotatable bonds is 5. The molecule has 2 heterocycles. The third-order valence-electron chi connectivity index (χ3n) is 3.76. The van der Waals surface area contributed by atoms with Crippen LogP contribution < -0.4 is 0 Å². The van der Waals surface area contributed by atoms with Gasteiger partial charge in [-0.2, -0.15) is 0 Å². The number of benzene rings is 1. The maximum Gasteiger partial charge on any atom is 0.160 e. The normalized spacial score (nSPS) is 11.8. The molecule has 24 heavy (non-hydrogen) atoms. The third kappa shape index (κ3) is 3.19. The second-order valence-electron chi connectivity index (χ2n) is 6.17. The monoisotopic (exact) mass is 345 g/mol. The molecular formula is C18H17F2N3S. The summed E-state index contributed by atoms with van der Waals surface area (Å²) in [5, 5.41) is 8.49. The molecule has 0 radical (unpaired) electrons. The zero-order valence-corrected chi connectivity index (χ0v) is 14.3. The van der Waals surface area contributed by atoms with Crippen molar-refractivity contribution in [1.82, 2.24) is 14.6 Å². The van der Waals surface area contributed by atoms with Crippen LogP contribution in [0.5, 0.6) is 0 Å². The summed E-state index contributed by atoms with van der Waals surface area (Å²) in [6, 6.07) is 7.26. The Morgan fingerprint density at radius 1 is 1.21 bits per heavy atom. The fourth-order valence-electron chi connectivity index (χ4n) is 2.53. The summed E-state index contributed by atoms with van der Waals surface area (Å²) in [5.74, 6) is -0.338. The SMILES string of the molecule is C=CCC(C)(C)c1nnc2ccc(Sc3ccc(F)cc3F)cn12. The van der Waals surface area contributed by atoms with Crippen molar-refractivity contribution in [3.05, 3.63) is 66.6 Å². The van der Waals surface area contributed by atoms with Crippen LogP contribution >= 0.6 is 11.8 Å². The van der Waals surface area contributed by atoms with Crippen molar-refractivity contribution in [2.45, 2.75) is 35.5 Å². The van der Waals surface area contributed by atoms with Crippen LogP contribution in [0.3, 0.4) is 0 Å². The minimum absolute atomic E-state index is 0.217. The highest BCUT2D eigenvalue weighted by atomic mass is 32.2. The summed E-state index contributed by atoms with van der Waals surface area (Å²) in [6.07, 6.45) is 4.49. The van der Waals surface area contributed by atoms with E-state index in [2.05, 4.69) is 30.6 Å². The molecule has 0 fully saturated rings. The molecule has 124 valence electrons. The van der Waals surface area contributed by atoms with Crippen LogP contribution in [0.2, 0.25) is 0 Å². The number of fused-ring (bicyclic) bond motifs is 1. The van der Waals surface area contributed by atoms with Crippen molar-refractivity contribution in [3.8, 4) is 0 Å². The van der Waals surface area contributed by atoms with Gasteiger partial charge in [0.05, 0.1) is 0 Å². The summed E-state index contributed by atoms with van der Waals surface area (Å²) in [4.78, 5) is 1.19. The van der Waals surface area contributed by atoms with Gasteiger partial charge in [-0.3, -0.25) is 4.40 Å². The highest BCUT2D eigenvalue weighted by Gasteiger charge is 2.25. The first-order valence-corrected chi connectivity index (χ1v) is 8.31. The zero-order valence-electron chi connectivity index (χ0n) is 13.5. The standard InChI is InChI=1S/C18H17F2N3S/c1-4-9-18(2,3)17-22-21-16-8-6-13(11-23(16)17)24-15-7-5-12(19)10-14(15)20/h4-8,10-11H,1,9H2,2-3H3. The van der Waals surface area contributed by atoms with Gasteiger partial charge in [0.1, 0.15) is 17.5 Å². The van der Waals surface area contributed by atoms with Crippen molar-refractivity contribution in [3.63, 3.8) is 0 Å². The molecule has 0 N–H and O–H groups in total. The van der Waals surface area contributed by atoms with Crippen LogP contribution in [0.1, 0.15) is 26.1 Å². The van der Waals surface area contributed by atoms with Gasteiger partial charge in [0.2, 0.25) is 0 Å². The fourth-order valence-corrected chi connectivity index (χ4v) is 3.37. The van der Waals surface area contributed by atoms with E-state index in [-0.39, 0.29) is 5.41 Å². The minimum atomic E-state index is -0.584. The molecule has 0 aliphatic heterocycles. The molecule has 0 amide bonds. The van der Waals surface area contributed by atoms with Crippen LogP contribution in [-0.2, 0) is 5.41 Å². The first kappa shape index (κ1) is 16.6. The Hall–Kier alpha value is -2.21. The molecular weight excluding hydrogens is 328 g/mol. The largest absolute Gasteiger partial charge is 0.285 e. The number of halogens is 2. The molecule has 0 saturated heterocycles. The van der Waals surface area contributed by atoms with E-state index in [1.165, 1.54) is 23.9 Å². The zero-order chi connectivity index (χ0) is 17.3. The van der Waals surface area contributed by atoms with Crippen molar-refractivity contribution >= 4 is 17.4 Å². The Balaban J connectivity index is 2.00. The van der Waals surface area contributed by atoms with Crippen molar-refractivity contribution in [2.75, 3.05) is 0 Å². The topological polar surface area (TPSA) is 30.2 Å². The predicted octanol–water partition coefficient (Wildman–Crippen LogP) is 5.01. The molecule has 0 bridgehead atoms. The average molecular weight is 345 g/mol. The summed E-state index contributed by atoms with van der Waals surface area (Å²) in [6.45, 7) is 7.94. The van der Waals surface area contributed by atoms with Gasteiger partial charge in [0, 0.05) is 27.5 Å². The summed E-state index contributed by atoms with van der Waals surface area (Å²) in [5.41, 5.74) is 0.511. The van der Waals surface area contributed by atoms with E-state index in [4.69, 9.17) is 0 Å². The fraction of sp³-hybridized carbons (Fsp3) is 0.222. The molecule has 3 rings (SSSR count). The maximum atomic E-state index is 13.9. The summed E-state index contributed by atoms with van der Waals surface area (Å²) >= 11 is 1.24. The molecule has 0 saturated carbocycles. The second kappa shape index (κ2) is 6.36. The smallest absolute Gasteiger partial charge is 0.160 e. The Kier molecular flexibility index (Phi) is 4.41. The van der Waals surface area contributed by atoms with E-state index >= 15 is 0 Å². The molecule has 1 aromatic carbocycles. The molecule has 0 atom stereocenters. The van der Waals surface area contributed by atoms with Crippen LogP contribution in [0.4, 0.5) is 8.78 Å².